The molecule has 0 bridgehead atoms. The normalized spacial score (nSPS) is 20.8. The SMILES string of the molecule is CC(C)(C)OC(=O)N1CC[C@H]([C@H](Cc2cccc(Br)c2)C(=O)N2C(=O)OC[C@@H]2Cc2ccccc2)C1. The third-order valence-corrected chi connectivity index (χ3v) is 7.11. The van der Waals surface area contributed by atoms with Crippen LogP contribution >= 0.6 is 15.9 Å². The van der Waals surface area contributed by atoms with Gasteiger partial charge in [-0.1, -0.05) is 58.4 Å². The van der Waals surface area contributed by atoms with Crippen LogP contribution < -0.4 is 0 Å². The lowest BCUT2D eigenvalue weighted by molar-refractivity contribution is -0.135. The van der Waals surface area contributed by atoms with Gasteiger partial charge in [-0.2, -0.15) is 0 Å². The lowest BCUT2D eigenvalue weighted by Gasteiger charge is -2.29. The number of cyclic esters (lactones) is 1. The summed E-state index contributed by atoms with van der Waals surface area (Å²) >= 11 is 3.51. The highest BCUT2D eigenvalue weighted by molar-refractivity contribution is 9.10. The molecule has 0 aromatic heterocycles. The van der Waals surface area contributed by atoms with Gasteiger partial charge in [-0.15, -0.1) is 0 Å². The fourth-order valence-electron chi connectivity index (χ4n) is 4.93. The second-order valence-electron chi connectivity index (χ2n) is 10.5. The van der Waals surface area contributed by atoms with E-state index < -0.39 is 17.6 Å². The Kier molecular flexibility index (Phi) is 8.03. The Morgan fingerprint density at radius 3 is 2.53 bits per heavy atom. The number of carbonyl (C=O) groups excluding carboxylic acids is 3. The summed E-state index contributed by atoms with van der Waals surface area (Å²) in [6.45, 7) is 6.61. The van der Waals surface area contributed by atoms with Crippen LogP contribution in [0.2, 0.25) is 0 Å². The fraction of sp³-hybridized carbons (Fsp3) is 0.464. The zero-order valence-corrected chi connectivity index (χ0v) is 22.6. The monoisotopic (exact) mass is 556 g/mol. The molecular formula is C28H33BrN2O5. The van der Waals surface area contributed by atoms with Crippen LogP contribution in [0.25, 0.3) is 0 Å². The minimum Gasteiger partial charge on any atom is -0.447 e. The molecule has 0 spiro atoms. The third kappa shape index (κ3) is 6.46. The maximum absolute atomic E-state index is 14.0. The lowest BCUT2D eigenvalue weighted by atomic mass is 9.84. The van der Waals surface area contributed by atoms with Crippen LogP contribution in [-0.4, -0.2) is 59.2 Å². The number of benzene rings is 2. The molecule has 0 aliphatic carbocycles. The second-order valence-corrected chi connectivity index (χ2v) is 11.5. The van der Waals surface area contributed by atoms with E-state index in [2.05, 4.69) is 15.9 Å². The molecular weight excluding hydrogens is 524 g/mol. The van der Waals surface area contributed by atoms with Gasteiger partial charge < -0.3 is 14.4 Å². The van der Waals surface area contributed by atoms with Crippen LogP contribution in [0.3, 0.4) is 0 Å². The molecule has 2 aliphatic heterocycles. The van der Waals surface area contributed by atoms with Gasteiger partial charge in [-0.25, -0.2) is 14.5 Å². The van der Waals surface area contributed by atoms with Gasteiger partial charge in [0.2, 0.25) is 5.91 Å². The van der Waals surface area contributed by atoms with Crippen molar-refractivity contribution in [2.45, 2.75) is 51.7 Å². The van der Waals surface area contributed by atoms with Crippen molar-refractivity contribution in [3.63, 3.8) is 0 Å². The van der Waals surface area contributed by atoms with Crippen molar-refractivity contribution >= 4 is 34.0 Å². The van der Waals surface area contributed by atoms with Crippen LogP contribution in [-0.2, 0) is 27.1 Å². The number of hydrogen-bond donors (Lipinski definition) is 0. The van der Waals surface area contributed by atoms with Crippen molar-refractivity contribution in [1.82, 2.24) is 9.80 Å². The van der Waals surface area contributed by atoms with Crippen LogP contribution in [0.15, 0.2) is 59.1 Å². The van der Waals surface area contributed by atoms with Gasteiger partial charge in [0.25, 0.3) is 0 Å². The highest BCUT2D eigenvalue weighted by Gasteiger charge is 2.45. The predicted molar refractivity (Wildman–Crippen MR) is 139 cm³/mol. The van der Waals surface area contributed by atoms with Crippen molar-refractivity contribution in [1.29, 1.82) is 0 Å². The van der Waals surface area contributed by atoms with Gasteiger partial charge in [0, 0.05) is 23.5 Å². The molecule has 2 aromatic carbocycles. The van der Waals surface area contributed by atoms with Crippen LogP contribution in [0.1, 0.15) is 38.3 Å². The van der Waals surface area contributed by atoms with Crippen LogP contribution in [0, 0.1) is 11.8 Å². The van der Waals surface area contributed by atoms with Gasteiger partial charge in [0.1, 0.15) is 12.2 Å². The van der Waals surface area contributed by atoms with Gasteiger partial charge in [-0.3, -0.25) is 4.79 Å². The number of rotatable bonds is 6. The number of halogens is 1. The molecule has 2 aromatic rings. The van der Waals surface area contributed by atoms with E-state index in [4.69, 9.17) is 9.47 Å². The van der Waals surface area contributed by atoms with Gasteiger partial charge in [-0.05, 0) is 69.2 Å². The van der Waals surface area contributed by atoms with Crippen molar-refractivity contribution in [3.8, 4) is 0 Å². The van der Waals surface area contributed by atoms with E-state index in [0.29, 0.717) is 32.4 Å². The molecule has 4 rings (SSSR count). The average Bonchev–Trinajstić information content (AvgIpc) is 3.44. The van der Waals surface area contributed by atoms with Gasteiger partial charge in [0.05, 0.1) is 6.04 Å². The summed E-state index contributed by atoms with van der Waals surface area (Å²) < 4.78 is 11.8. The molecule has 3 amide bonds. The summed E-state index contributed by atoms with van der Waals surface area (Å²) in [5.74, 6) is -0.820. The Labute approximate surface area is 220 Å². The Morgan fingerprint density at radius 2 is 1.83 bits per heavy atom. The average molecular weight is 557 g/mol. The zero-order valence-electron chi connectivity index (χ0n) is 21.0. The first kappa shape index (κ1) is 26.2. The second kappa shape index (κ2) is 11.0. The molecule has 2 aliphatic rings. The summed E-state index contributed by atoms with van der Waals surface area (Å²) in [4.78, 5) is 42.5. The van der Waals surface area contributed by atoms with E-state index in [1.807, 2.05) is 75.4 Å². The molecule has 7 nitrogen and oxygen atoms in total. The third-order valence-electron chi connectivity index (χ3n) is 6.62. The van der Waals surface area contributed by atoms with E-state index in [1.165, 1.54) is 4.90 Å². The zero-order chi connectivity index (χ0) is 25.9. The van der Waals surface area contributed by atoms with Gasteiger partial charge in [0.15, 0.2) is 0 Å². The highest BCUT2D eigenvalue weighted by Crippen LogP contribution is 2.32. The number of imide groups is 1. The van der Waals surface area contributed by atoms with E-state index >= 15 is 0 Å². The maximum Gasteiger partial charge on any atom is 0.416 e. The van der Waals surface area contributed by atoms with E-state index in [-0.39, 0.29) is 30.6 Å². The number of amides is 3. The molecule has 192 valence electrons. The Balaban J connectivity index is 1.56. The number of likely N-dealkylation sites (tertiary alicyclic amines) is 1. The lowest BCUT2D eigenvalue weighted by Crippen LogP contribution is -2.46. The minimum absolute atomic E-state index is 0.102. The summed E-state index contributed by atoms with van der Waals surface area (Å²) in [6.07, 6.45) is 0.697. The molecule has 2 fully saturated rings. The Morgan fingerprint density at radius 1 is 1.11 bits per heavy atom. The van der Waals surface area contributed by atoms with Crippen molar-refractivity contribution < 1.29 is 23.9 Å². The molecule has 2 heterocycles. The Hall–Kier alpha value is -2.87. The molecule has 0 N–H and O–H groups in total. The first-order chi connectivity index (χ1) is 17.1. The molecule has 36 heavy (non-hydrogen) atoms. The summed E-state index contributed by atoms with van der Waals surface area (Å²) in [6, 6.07) is 17.3. The van der Waals surface area contributed by atoms with Crippen molar-refractivity contribution in [3.05, 3.63) is 70.2 Å². The van der Waals surface area contributed by atoms with E-state index in [0.717, 1.165) is 15.6 Å². The topological polar surface area (TPSA) is 76.2 Å². The van der Waals surface area contributed by atoms with E-state index in [9.17, 15) is 14.4 Å². The first-order valence-corrected chi connectivity index (χ1v) is 13.2. The fourth-order valence-corrected chi connectivity index (χ4v) is 5.37. The minimum atomic E-state index is -0.595. The van der Waals surface area contributed by atoms with Crippen LogP contribution in [0.4, 0.5) is 9.59 Å². The van der Waals surface area contributed by atoms with Crippen molar-refractivity contribution in [2.75, 3.05) is 19.7 Å². The highest BCUT2D eigenvalue weighted by atomic mass is 79.9. The number of nitrogens with zero attached hydrogens (tertiary/aromatic N) is 2. The number of ether oxygens (including phenoxy) is 2. The molecule has 0 radical (unpaired) electrons. The van der Waals surface area contributed by atoms with Gasteiger partial charge >= 0.3 is 12.2 Å². The number of hydrogen-bond acceptors (Lipinski definition) is 5. The van der Waals surface area contributed by atoms with E-state index in [1.54, 1.807) is 4.90 Å². The number of carbonyl (C=O) groups is 3. The smallest absolute Gasteiger partial charge is 0.416 e. The maximum atomic E-state index is 14.0. The summed E-state index contributed by atoms with van der Waals surface area (Å²) in [5.41, 5.74) is 1.44. The quantitative estimate of drug-likeness (QED) is 0.472. The Bertz CT molecular complexity index is 1100. The molecule has 2 saturated heterocycles. The largest absolute Gasteiger partial charge is 0.447 e. The first-order valence-electron chi connectivity index (χ1n) is 12.4. The summed E-state index contributed by atoms with van der Waals surface area (Å²) in [7, 11) is 0. The molecule has 0 unspecified atom stereocenters. The molecule has 3 atom stereocenters. The molecule has 0 saturated carbocycles. The predicted octanol–water partition coefficient (Wildman–Crippen LogP) is 5.45. The molecule has 8 heteroatoms. The summed E-state index contributed by atoms with van der Waals surface area (Å²) in [5, 5.41) is 0. The van der Waals surface area contributed by atoms with Crippen molar-refractivity contribution in [2.24, 2.45) is 11.8 Å². The standard InChI is InChI=1S/C28H33BrN2O5/c1-28(2,3)36-26(33)30-13-12-21(17-30)24(16-20-10-7-11-22(29)14-20)25(32)31-23(18-35-27(31)34)15-19-8-5-4-6-9-19/h4-11,14,21,23-24H,12-13,15-18H2,1-3H3/t21-,23-,24-/m0/s1. The van der Waals surface area contributed by atoms with Crippen LogP contribution in [0.5, 0.6) is 0 Å².